The van der Waals surface area contributed by atoms with Gasteiger partial charge in [-0.1, -0.05) is 0 Å². The summed E-state index contributed by atoms with van der Waals surface area (Å²) in [6, 6.07) is 5.67. The maximum absolute atomic E-state index is 10.7. The lowest BCUT2D eigenvalue weighted by Gasteiger charge is -2.42. The van der Waals surface area contributed by atoms with Crippen molar-refractivity contribution in [1.29, 1.82) is 0 Å². The molecule has 0 spiro atoms. The van der Waals surface area contributed by atoms with E-state index in [-0.39, 0.29) is 22.8 Å². The molecule has 0 bridgehead atoms. The van der Waals surface area contributed by atoms with Crippen LogP contribution >= 0.6 is 0 Å². The van der Waals surface area contributed by atoms with Crippen LogP contribution in [-0.4, -0.2) is 125 Å². The molecule has 15 heteroatoms. The molecule has 1 aromatic rings. The number of allylic oxidation sites excluding steroid dienone is 1. The van der Waals surface area contributed by atoms with Gasteiger partial charge in [-0.05, 0) is 37.3 Å². The number of ether oxygens (including phenoxy) is 5. The smallest absolute Gasteiger partial charge is 0.229 e. The van der Waals surface area contributed by atoms with Gasteiger partial charge in [-0.25, -0.2) is 0 Å². The van der Waals surface area contributed by atoms with Gasteiger partial charge in [0.1, 0.15) is 48.5 Å². The number of phenolic OH excluding ortho intramolecular Hbond substituents is 1. The summed E-state index contributed by atoms with van der Waals surface area (Å²) in [6.45, 7) is 0.931. The Morgan fingerprint density at radius 1 is 0.738 bits per heavy atom. The first-order valence-corrected chi connectivity index (χ1v) is 13.0. The van der Waals surface area contributed by atoms with E-state index < -0.39 is 91.4 Å². The highest BCUT2D eigenvalue weighted by atomic mass is 16.7. The number of aliphatic hydroxyl groups is 9. The predicted octanol–water partition coefficient (Wildman–Crippen LogP) is -1.16. The summed E-state index contributed by atoms with van der Waals surface area (Å²) in [7, 11) is 0. The highest BCUT2D eigenvalue weighted by Crippen LogP contribution is 2.39. The van der Waals surface area contributed by atoms with Crippen LogP contribution in [0.3, 0.4) is 0 Å². The van der Waals surface area contributed by atoms with Crippen LogP contribution < -0.4 is 0 Å². The molecule has 11 atom stereocenters. The van der Waals surface area contributed by atoms with Gasteiger partial charge in [0.2, 0.25) is 12.0 Å². The zero-order valence-corrected chi connectivity index (χ0v) is 22.0. The molecule has 3 heterocycles. The third-order valence-electron chi connectivity index (χ3n) is 7.39. The van der Waals surface area contributed by atoms with Crippen molar-refractivity contribution in [3.8, 4) is 5.75 Å². The number of phenols is 1. The maximum atomic E-state index is 10.7. The van der Waals surface area contributed by atoms with Gasteiger partial charge in [0, 0.05) is 17.2 Å². The van der Waals surface area contributed by atoms with Crippen LogP contribution in [0.25, 0.3) is 5.76 Å². The van der Waals surface area contributed by atoms with Crippen molar-refractivity contribution in [3.05, 3.63) is 70.6 Å². The van der Waals surface area contributed by atoms with Crippen molar-refractivity contribution in [1.82, 2.24) is 0 Å². The topological polar surface area (TPSA) is 248 Å². The summed E-state index contributed by atoms with van der Waals surface area (Å²) >= 11 is 0. The number of fused-ring (bicyclic) bond motifs is 1. The van der Waals surface area contributed by atoms with Crippen molar-refractivity contribution in [3.63, 3.8) is 0 Å². The van der Waals surface area contributed by atoms with Crippen LogP contribution in [0.1, 0.15) is 12.5 Å². The van der Waals surface area contributed by atoms with Crippen molar-refractivity contribution >= 4 is 5.76 Å². The van der Waals surface area contributed by atoms with E-state index in [2.05, 4.69) is 0 Å². The lowest BCUT2D eigenvalue weighted by atomic mass is 9.96. The van der Waals surface area contributed by atoms with Crippen LogP contribution in [0.4, 0.5) is 0 Å². The van der Waals surface area contributed by atoms with Crippen LogP contribution in [0.5, 0.6) is 5.75 Å². The Hall–Kier alpha value is -3.38. The van der Waals surface area contributed by atoms with E-state index in [4.69, 9.17) is 23.7 Å². The molecule has 1 aliphatic carbocycles. The molecular weight excluding hydrogens is 564 g/mol. The van der Waals surface area contributed by atoms with Gasteiger partial charge in [-0.15, -0.1) is 0 Å². The molecule has 2 fully saturated rings. The molecule has 0 saturated carbocycles. The number of benzene rings is 1. The van der Waals surface area contributed by atoms with Crippen molar-refractivity contribution < 1.29 is 74.7 Å². The second-order valence-corrected chi connectivity index (χ2v) is 10.3. The molecule has 230 valence electrons. The van der Waals surface area contributed by atoms with E-state index in [9.17, 15) is 51.1 Å². The first-order chi connectivity index (χ1) is 19.9. The summed E-state index contributed by atoms with van der Waals surface area (Å²) in [5, 5.41) is 102. The lowest BCUT2D eigenvalue weighted by molar-refractivity contribution is -0.323. The molecule has 42 heavy (non-hydrogen) atoms. The first-order valence-electron chi connectivity index (χ1n) is 13.0. The molecule has 10 N–H and O–H groups in total. The molecule has 2 saturated heterocycles. The molecular formula is C27H32O15. The van der Waals surface area contributed by atoms with Crippen LogP contribution in [0, 0.1) is 0 Å². The Balaban J connectivity index is 1.40. The second-order valence-electron chi connectivity index (χ2n) is 10.3. The predicted molar refractivity (Wildman–Crippen MR) is 137 cm³/mol. The average molecular weight is 597 g/mol. The van der Waals surface area contributed by atoms with Gasteiger partial charge in [0.25, 0.3) is 0 Å². The molecule has 4 aliphatic rings. The van der Waals surface area contributed by atoms with Crippen molar-refractivity contribution in [2.75, 3.05) is 6.61 Å². The average Bonchev–Trinajstić information content (AvgIpc) is 2.97. The number of rotatable bonds is 6. The first kappa shape index (κ1) is 30.1. The second kappa shape index (κ2) is 11.7. The van der Waals surface area contributed by atoms with Crippen molar-refractivity contribution in [2.45, 2.75) is 74.4 Å². The summed E-state index contributed by atoms with van der Waals surface area (Å²) in [5.74, 6) is -2.35. The van der Waals surface area contributed by atoms with Gasteiger partial charge >= 0.3 is 0 Å². The summed E-state index contributed by atoms with van der Waals surface area (Å²) < 4.78 is 28.4. The third-order valence-corrected chi connectivity index (χ3v) is 7.39. The molecule has 11 unspecified atom stereocenters. The monoisotopic (exact) mass is 596 g/mol. The molecule has 0 aromatic heterocycles. The number of hydrogen-bond donors (Lipinski definition) is 10. The number of aromatic hydroxyl groups is 1. The maximum Gasteiger partial charge on any atom is 0.229 e. The fraction of sp³-hybridized carbons (Fsp3) is 0.481. The van der Waals surface area contributed by atoms with Gasteiger partial charge < -0.3 is 74.7 Å². The van der Waals surface area contributed by atoms with Crippen molar-refractivity contribution in [2.24, 2.45) is 0 Å². The normalized spacial score (nSPS) is 38.8. The zero-order valence-electron chi connectivity index (χ0n) is 22.0. The molecule has 15 nitrogen and oxygen atoms in total. The fourth-order valence-corrected chi connectivity index (χ4v) is 4.87. The third kappa shape index (κ3) is 5.54. The Bertz CT molecular complexity index is 1290. The minimum atomic E-state index is -1.82. The fourth-order valence-electron chi connectivity index (χ4n) is 4.87. The van der Waals surface area contributed by atoms with Crippen LogP contribution in [0.2, 0.25) is 0 Å². The number of aliphatic hydroxyl groups excluding tert-OH is 9. The van der Waals surface area contributed by atoms with Gasteiger partial charge in [-0.2, -0.15) is 0 Å². The summed E-state index contributed by atoms with van der Waals surface area (Å²) in [5.41, 5.74) is 0.334. The van der Waals surface area contributed by atoms with E-state index in [1.807, 2.05) is 0 Å². The quantitative estimate of drug-likeness (QED) is 0.186. The minimum absolute atomic E-state index is 0.00598. The Labute approximate surface area is 238 Å². The Morgan fingerprint density at radius 2 is 1.38 bits per heavy atom. The largest absolute Gasteiger partial charge is 0.508 e. The molecule has 5 rings (SSSR count). The van der Waals surface area contributed by atoms with Gasteiger partial charge in [-0.3, -0.25) is 0 Å². The standard InChI is InChI=1S/C27H32O15/c1-9-17(30)21(34)23(36)26(39-9)38-8-16-20(33)22(35)24(37)27(42-16)41-15-6-12-14(7-13(29)19(32)18(12)31)40-25(15)10-2-4-11(28)5-3-10/h2-7,9,14,16-17,20-24,26-37H,8H2,1H3. The molecule has 3 aliphatic heterocycles. The Morgan fingerprint density at radius 3 is 2.07 bits per heavy atom. The highest BCUT2D eigenvalue weighted by Gasteiger charge is 2.48. The zero-order chi connectivity index (χ0) is 30.5. The van der Waals surface area contributed by atoms with E-state index >= 15 is 0 Å². The molecule has 0 amide bonds. The van der Waals surface area contributed by atoms with Crippen LogP contribution in [-0.2, 0) is 23.7 Å². The van der Waals surface area contributed by atoms with E-state index in [1.54, 1.807) is 0 Å². The van der Waals surface area contributed by atoms with E-state index in [1.165, 1.54) is 37.3 Å². The van der Waals surface area contributed by atoms with Gasteiger partial charge in [0.15, 0.2) is 35.4 Å². The van der Waals surface area contributed by atoms with E-state index in [0.29, 0.717) is 5.56 Å². The summed E-state index contributed by atoms with van der Waals surface area (Å²) in [6.07, 6.45) is -13.9. The summed E-state index contributed by atoms with van der Waals surface area (Å²) in [4.78, 5) is 0. The molecule has 0 radical (unpaired) electrons. The minimum Gasteiger partial charge on any atom is -0.508 e. The number of hydrogen-bond acceptors (Lipinski definition) is 15. The van der Waals surface area contributed by atoms with Crippen LogP contribution in [0.15, 0.2) is 65.0 Å². The lowest BCUT2D eigenvalue weighted by Crippen LogP contribution is -2.61. The highest BCUT2D eigenvalue weighted by molar-refractivity contribution is 5.68. The molecule has 1 aromatic carbocycles. The SMILES string of the molecule is CC1OC(OCC2OC(OC3=C(c4ccc(O)cc4)OC4C=C(O)C(O)=C(O)C4=C3)C(O)C(O)C2O)C(O)C(O)C1O. The van der Waals surface area contributed by atoms with Gasteiger partial charge in [0.05, 0.1) is 12.7 Å². The Kier molecular flexibility index (Phi) is 8.39. The van der Waals surface area contributed by atoms with E-state index in [0.717, 1.165) is 6.08 Å².